The van der Waals surface area contributed by atoms with Gasteiger partial charge in [-0.25, -0.2) is 4.98 Å². The number of aromatic nitrogens is 2. The Morgan fingerprint density at radius 3 is 2.77 bits per heavy atom. The van der Waals surface area contributed by atoms with Crippen LogP contribution in [0.2, 0.25) is 0 Å². The van der Waals surface area contributed by atoms with Crippen LogP contribution in [0.5, 0.6) is 5.75 Å². The molecule has 1 N–H and O–H groups in total. The molecule has 1 heterocycles. The second kappa shape index (κ2) is 7.99. The molecular formula is C18H26N2O2. The van der Waals surface area contributed by atoms with E-state index in [1.54, 1.807) is 6.20 Å². The minimum atomic E-state index is -0.551. The summed E-state index contributed by atoms with van der Waals surface area (Å²) in [5.41, 5.74) is 1.17. The molecule has 1 atom stereocenters. The Morgan fingerprint density at radius 2 is 2.05 bits per heavy atom. The largest absolute Gasteiger partial charge is 0.491 e. The molecule has 0 aliphatic rings. The molecule has 2 rings (SSSR count). The highest BCUT2D eigenvalue weighted by Crippen LogP contribution is 2.25. The van der Waals surface area contributed by atoms with Gasteiger partial charge in [0.15, 0.2) is 0 Å². The zero-order valence-corrected chi connectivity index (χ0v) is 13.7. The molecule has 1 aromatic heterocycles. The molecule has 0 saturated carbocycles. The van der Waals surface area contributed by atoms with E-state index in [1.807, 2.05) is 29.0 Å². The van der Waals surface area contributed by atoms with Crippen LogP contribution < -0.4 is 4.74 Å². The summed E-state index contributed by atoms with van der Waals surface area (Å²) in [5, 5.41) is 10.2. The normalized spacial score (nSPS) is 12.6. The fraction of sp³-hybridized carbons (Fsp3) is 0.500. The van der Waals surface area contributed by atoms with E-state index in [1.165, 1.54) is 5.56 Å². The van der Waals surface area contributed by atoms with Crippen molar-refractivity contribution in [3.8, 4) is 5.75 Å². The van der Waals surface area contributed by atoms with Crippen molar-refractivity contribution in [2.45, 2.75) is 52.2 Å². The van der Waals surface area contributed by atoms with Crippen LogP contribution in [-0.4, -0.2) is 27.4 Å². The number of benzene rings is 1. The summed E-state index contributed by atoms with van der Waals surface area (Å²) in [6.07, 6.45) is 5.12. The molecule has 1 aromatic carbocycles. The van der Waals surface area contributed by atoms with Gasteiger partial charge in [-0.3, -0.25) is 0 Å². The number of rotatable bonds is 8. The topological polar surface area (TPSA) is 47.3 Å². The van der Waals surface area contributed by atoms with Gasteiger partial charge in [-0.1, -0.05) is 39.0 Å². The molecule has 0 fully saturated rings. The van der Waals surface area contributed by atoms with Crippen molar-refractivity contribution in [2.24, 2.45) is 0 Å². The van der Waals surface area contributed by atoms with Crippen molar-refractivity contribution in [1.82, 2.24) is 9.55 Å². The molecule has 4 nitrogen and oxygen atoms in total. The van der Waals surface area contributed by atoms with Gasteiger partial charge in [-0.2, -0.15) is 0 Å². The third-order valence-electron chi connectivity index (χ3n) is 3.66. The molecule has 0 spiro atoms. The molecule has 4 heteroatoms. The van der Waals surface area contributed by atoms with E-state index in [2.05, 4.69) is 31.8 Å². The Bertz CT molecular complexity index is 578. The number of hydrogen-bond donors (Lipinski definition) is 1. The van der Waals surface area contributed by atoms with Gasteiger partial charge in [-0.15, -0.1) is 0 Å². The van der Waals surface area contributed by atoms with E-state index < -0.39 is 6.10 Å². The summed E-state index contributed by atoms with van der Waals surface area (Å²) >= 11 is 0. The van der Waals surface area contributed by atoms with Crippen molar-refractivity contribution in [1.29, 1.82) is 0 Å². The van der Waals surface area contributed by atoms with Crippen LogP contribution in [0.15, 0.2) is 36.7 Å². The van der Waals surface area contributed by atoms with Crippen LogP contribution in [0.25, 0.3) is 0 Å². The minimum Gasteiger partial charge on any atom is -0.491 e. The maximum Gasteiger partial charge on any atom is 0.122 e. The number of nitrogens with zero attached hydrogens (tertiary/aromatic N) is 2. The summed E-state index contributed by atoms with van der Waals surface area (Å²) in [5.74, 6) is 2.28. The molecule has 0 amide bonds. The average Bonchev–Trinajstić information content (AvgIpc) is 2.93. The van der Waals surface area contributed by atoms with Gasteiger partial charge in [0, 0.05) is 18.8 Å². The highest BCUT2D eigenvalue weighted by atomic mass is 16.5. The van der Waals surface area contributed by atoms with Gasteiger partial charge in [0.2, 0.25) is 0 Å². The van der Waals surface area contributed by atoms with Crippen LogP contribution >= 0.6 is 0 Å². The number of aliphatic hydroxyl groups excluding tert-OH is 1. The molecule has 0 radical (unpaired) electrons. The minimum absolute atomic E-state index is 0.285. The van der Waals surface area contributed by atoms with Gasteiger partial charge in [0.1, 0.15) is 24.3 Å². The first-order chi connectivity index (χ1) is 10.6. The van der Waals surface area contributed by atoms with Crippen LogP contribution in [-0.2, 0) is 13.0 Å². The predicted molar refractivity (Wildman–Crippen MR) is 88.3 cm³/mol. The molecule has 0 saturated heterocycles. The van der Waals surface area contributed by atoms with E-state index in [0.717, 1.165) is 24.4 Å². The Hall–Kier alpha value is -1.81. The third kappa shape index (κ3) is 4.34. The van der Waals surface area contributed by atoms with E-state index in [9.17, 15) is 5.11 Å². The number of imidazole rings is 1. The van der Waals surface area contributed by atoms with Crippen molar-refractivity contribution >= 4 is 0 Å². The van der Waals surface area contributed by atoms with Crippen LogP contribution in [0, 0.1) is 0 Å². The Kier molecular flexibility index (Phi) is 6.01. The van der Waals surface area contributed by atoms with E-state index in [4.69, 9.17) is 4.74 Å². The van der Waals surface area contributed by atoms with Gasteiger partial charge in [0.05, 0.1) is 6.54 Å². The summed E-state index contributed by atoms with van der Waals surface area (Å²) in [6, 6.07) is 8.01. The third-order valence-corrected chi connectivity index (χ3v) is 3.66. The second-order valence-corrected chi connectivity index (χ2v) is 5.90. The number of ether oxygens (including phenoxy) is 1. The molecule has 120 valence electrons. The Balaban J connectivity index is 1.93. The van der Waals surface area contributed by atoms with Crippen LogP contribution in [0.1, 0.15) is 44.5 Å². The SMILES string of the molecule is CCCc1nccn1CC(O)COc1ccccc1C(C)C. The fourth-order valence-corrected chi connectivity index (χ4v) is 2.51. The Morgan fingerprint density at radius 1 is 1.27 bits per heavy atom. The number of aliphatic hydroxyl groups is 1. The summed E-state index contributed by atoms with van der Waals surface area (Å²) < 4.78 is 7.83. The quantitative estimate of drug-likeness (QED) is 0.813. The zero-order chi connectivity index (χ0) is 15.9. The first kappa shape index (κ1) is 16.6. The first-order valence-electron chi connectivity index (χ1n) is 8.01. The fourth-order valence-electron chi connectivity index (χ4n) is 2.51. The van der Waals surface area contributed by atoms with Gasteiger partial charge in [0.25, 0.3) is 0 Å². The lowest BCUT2D eigenvalue weighted by molar-refractivity contribution is 0.0911. The number of hydrogen-bond acceptors (Lipinski definition) is 3. The maximum absolute atomic E-state index is 10.2. The second-order valence-electron chi connectivity index (χ2n) is 5.90. The van der Waals surface area contributed by atoms with Gasteiger partial charge < -0.3 is 14.4 Å². The average molecular weight is 302 g/mol. The van der Waals surface area contributed by atoms with Crippen molar-refractivity contribution in [3.05, 3.63) is 48.0 Å². The molecule has 2 aromatic rings. The van der Waals surface area contributed by atoms with Crippen molar-refractivity contribution < 1.29 is 9.84 Å². The number of aryl methyl sites for hydroxylation is 1. The summed E-state index contributed by atoms with van der Waals surface area (Å²) in [7, 11) is 0. The lowest BCUT2D eigenvalue weighted by atomic mass is 10.0. The molecule has 0 bridgehead atoms. The van der Waals surface area contributed by atoms with Gasteiger partial charge >= 0.3 is 0 Å². The van der Waals surface area contributed by atoms with E-state index in [0.29, 0.717) is 12.5 Å². The van der Waals surface area contributed by atoms with Crippen LogP contribution in [0.4, 0.5) is 0 Å². The standard InChI is InChI=1S/C18H26N2O2/c1-4-7-18-19-10-11-20(18)12-15(21)13-22-17-9-6-5-8-16(17)14(2)3/h5-6,8-11,14-15,21H,4,7,12-13H2,1-3H3. The summed E-state index contributed by atoms with van der Waals surface area (Å²) in [4.78, 5) is 4.33. The monoisotopic (exact) mass is 302 g/mol. The highest BCUT2D eigenvalue weighted by Gasteiger charge is 2.12. The van der Waals surface area contributed by atoms with Gasteiger partial charge in [-0.05, 0) is 24.0 Å². The number of para-hydroxylation sites is 1. The molecule has 0 aliphatic heterocycles. The van der Waals surface area contributed by atoms with Crippen molar-refractivity contribution in [2.75, 3.05) is 6.61 Å². The molecule has 0 aliphatic carbocycles. The zero-order valence-electron chi connectivity index (χ0n) is 13.7. The summed E-state index contributed by atoms with van der Waals surface area (Å²) in [6.45, 7) is 7.20. The predicted octanol–water partition coefficient (Wildman–Crippen LogP) is 3.40. The lowest BCUT2D eigenvalue weighted by Crippen LogP contribution is -2.24. The van der Waals surface area contributed by atoms with E-state index in [-0.39, 0.29) is 6.61 Å². The van der Waals surface area contributed by atoms with Crippen LogP contribution in [0.3, 0.4) is 0 Å². The molecule has 1 unspecified atom stereocenters. The van der Waals surface area contributed by atoms with Crippen molar-refractivity contribution in [3.63, 3.8) is 0 Å². The maximum atomic E-state index is 10.2. The first-order valence-corrected chi connectivity index (χ1v) is 8.01. The van der Waals surface area contributed by atoms with E-state index >= 15 is 0 Å². The Labute approximate surface area is 132 Å². The molecule has 22 heavy (non-hydrogen) atoms. The molecular weight excluding hydrogens is 276 g/mol. The smallest absolute Gasteiger partial charge is 0.122 e. The lowest BCUT2D eigenvalue weighted by Gasteiger charge is -2.17. The highest BCUT2D eigenvalue weighted by molar-refractivity contribution is 5.35.